The Morgan fingerprint density at radius 1 is 1.35 bits per heavy atom. The van der Waals surface area contributed by atoms with Gasteiger partial charge in [-0.2, -0.15) is 0 Å². The molecule has 2 aromatic rings. The van der Waals surface area contributed by atoms with Crippen LogP contribution in [0.5, 0.6) is 11.6 Å². The van der Waals surface area contributed by atoms with Crippen LogP contribution in [0.2, 0.25) is 0 Å². The first-order valence-electron chi connectivity index (χ1n) is 4.97. The maximum atomic E-state index is 13.5. The molecular formula is C12H10BrFN2O. The van der Waals surface area contributed by atoms with Crippen LogP contribution >= 0.6 is 15.9 Å². The highest BCUT2D eigenvalue weighted by atomic mass is 79.9. The molecule has 0 radical (unpaired) electrons. The molecule has 0 saturated heterocycles. The van der Waals surface area contributed by atoms with Crippen LogP contribution in [-0.2, 0) is 6.54 Å². The van der Waals surface area contributed by atoms with E-state index in [1.54, 1.807) is 18.2 Å². The fraction of sp³-hybridized carbons (Fsp3) is 0.0833. The lowest BCUT2D eigenvalue weighted by atomic mass is 10.2. The van der Waals surface area contributed by atoms with Gasteiger partial charge in [0.25, 0.3) is 5.88 Å². The Bertz CT molecular complexity index is 534. The molecule has 0 aliphatic carbocycles. The third-order valence-corrected chi connectivity index (χ3v) is 2.56. The molecule has 0 aliphatic heterocycles. The Morgan fingerprint density at radius 3 is 2.88 bits per heavy atom. The van der Waals surface area contributed by atoms with Gasteiger partial charge in [0.05, 0.1) is 0 Å². The first-order valence-corrected chi connectivity index (χ1v) is 5.76. The van der Waals surface area contributed by atoms with E-state index in [1.165, 1.54) is 12.3 Å². The highest BCUT2D eigenvalue weighted by molar-refractivity contribution is 9.10. The minimum absolute atomic E-state index is 0.0534. The summed E-state index contributed by atoms with van der Waals surface area (Å²) in [6, 6.07) is 8.45. The average Bonchev–Trinajstić information content (AvgIpc) is 2.33. The molecule has 5 heteroatoms. The molecule has 0 amide bonds. The van der Waals surface area contributed by atoms with Gasteiger partial charge in [-0.15, -0.1) is 0 Å². The van der Waals surface area contributed by atoms with Crippen molar-refractivity contribution in [2.45, 2.75) is 6.54 Å². The molecule has 0 saturated carbocycles. The molecule has 0 atom stereocenters. The zero-order valence-corrected chi connectivity index (χ0v) is 10.4. The van der Waals surface area contributed by atoms with Gasteiger partial charge in [0, 0.05) is 17.2 Å². The second-order valence-corrected chi connectivity index (χ2v) is 4.31. The Balaban J connectivity index is 2.25. The zero-order chi connectivity index (χ0) is 12.3. The van der Waals surface area contributed by atoms with Gasteiger partial charge in [0.2, 0.25) is 0 Å². The monoisotopic (exact) mass is 296 g/mol. The van der Waals surface area contributed by atoms with Crippen molar-refractivity contribution in [2.24, 2.45) is 5.73 Å². The van der Waals surface area contributed by atoms with Crippen LogP contribution in [0.15, 0.2) is 41.0 Å². The number of pyridine rings is 1. The molecule has 2 N–H and O–H groups in total. The average molecular weight is 297 g/mol. The molecule has 17 heavy (non-hydrogen) atoms. The number of nitrogens with two attached hydrogens (primary N) is 1. The lowest BCUT2D eigenvalue weighted by Crippen LogP contribution is -1.97. The molecule has 0 spiro atoms. The van der Waals surface area contributed by atoms with E-state index in [0.717, 1.165) is 5.56 Å². The molecule has 2 rings (SSSR count). The van der Waals surface area contributed by atoms with Crippen molar-refractivity contribution in [2.75, 3.05) is 0 Å². The lowest BCUT2D eigenvalue weighted by Gasteiger charge is -2.06. The van der Waals surface area contributed by atoms with Gasteiger partial charge in [-0.25, -0.2) is 9.37 Å². The maximum absolute atomic E-state index is 13.5. The molecular weight excluding hydrogens is 287 g/mol. The third kappa shape index (κ3) is 3.01. The first kappa shape index (κ1) is 12.0. The summed E-state index contributed by atoms with van der Waals surface area (Å²) < 4.78 is 19.4. The number of aromatic nitrogens is 1. The number of ether oxygens (including phenoxy) is 1. The summed E-state index contributed by atoms with van der Waals surface area (Å²) in [4.78, 5) is 3.85. The summed E-state index contributed by atoms with van der Waals surface area (Å²) in [6.07, 6.45) is 1.48. The van der Waals surface area contributed by atoms with Crippen LogP contribution in [0.1, 0.15) is 5.56 Å². The van der Waals surface area contributed by atoms with Gasteiger partial charge in [-0.05, 0) is 39.7 Å². The van der Waals surface area contributed by atoms with Crippen LogP contribution in [-0.4, -0.2) is 4.98 Å². The summed E-state index contributed by atoms with van der Waals surface area (Å²) in [7, 11) is 0. The Labute approximate surface area is 107 Å². The molecule has 3 nitrogen and oxygen atoms in total. The summed E-state index contributed by atoms with van der Waals surface area (Å²) >= 11 is 3.13. The number of nitrogens with zero attached hydrogens (tertiary/aromatic N) is 1. The second-order valence-electron chi connectivity index (χ2n) is 3.39. The van der Waals surface area contributed by atoms with Gasteiger partial charge >= 0.3 is 0 Å². The van der Waals surface area contributed by atoms with Crippen molar-refractivity contribution in [3.05, 3.63) is 52.4 Å². The standard InChI is InChI=1S/C12H10BrFN2O/c13-9-5-11(14)12(16-7-9)17-10-3-1-2-8(4-10)6-15/h1-5,7H,6,15H2. The Morgan fingerprint density at radius 2 is 2.18 bits per heavy atom. The fourth-order valence-corrected chi connectivity index (χ4v) is 1.63. The second kappa shape index (κ2) is 5.25. The maximum Gasteiger partial charge on any atom is 0.255 e. The van der Waals surface area contributed by atoms with E-state index in [4.69, 9.17) is 10.5 Å². The van der Waals surface area contributed by atoms with E-state index in [1.807, 2.05) is 6.07 Å². The van der Waals surface area contributed by atoms with Crippen LogP contribution in [0.25, 0.3) is 0 Å². The minimum atomic E-state index is -0.516. The summed E-state index contributed by atoms with van der Waals surface area (Å²) in [5.41, 5.74) is 6.43. The fourth-order valence-electron chi connectivity index (χ4n) is 1.32. The van der Waals surface area contributed by atoms with Crippen molar-refractivity contribution in [3.63, 3.8) is 0 Å². The molecule has 0 bridgehead atoms. The van der Waals surface area contributed by atoms with Crippen LogP contribution < -0.4 is 10.5 Å². The number of halogens is 2. The normalized spacial score (nSPS) is 10.3. The van der Waals surface area contributed by atoms with E-state index >= 15 is 0 Å². The summed E-state index contributed by atoms with van der Waals surface area (Å²) in [5.74, 6) is -0.0541. The number of hydrogen-bond acceptors (Lipinski definition) is 3. The van der Waals surface area contributed by atoms with Crippen molar-refractivity contribution < 1.29 is 9.13 Å². The van der Waals surface area contributed by atoms with Crippen molar-refractivity contribution in [1.82, 2.24) is 4.98 Å². The number of hydrogen-bond donors (Lipinski definition) is 1. The van der Waals surface area contributed by atoms with Crippen LogP contribution in [0.3, 0.4) is 0 Å². The van der Waals surface area contributed by atoms with Gasteiger partial charge in [0.15, 0.2) is 5.82 Å². The quantitative estimate of drug-likeness (QED) is 0.946. The predicted molar refractivity (Wildman–Crippen MR) is 66.3 cm³/mol. The van der Waals surface area contributed by atoms with E-state index in [2.05, 4.69) is 20.9 Å². The summed E-state index contributed by atoms with van der Waals surface area (Å²) in [6.45, 7) is 0.410. The smallest absolute Gasteiger partial charge is 0.255 e. The largest absolute Gasteiger partial charge is 0.436 e. The van der Waals surface area contributed by atoms with E-state index < -0.39 is 5.82 Å². The molecule has 0 aliphatic rings. The minimum Gasteiger partial charge on any atom is -0.436 e. The molecule has 1 aromatic carbocycles. The molecule has 0 unspecified atom stereocenters. The SMILES string of the molecule is NCc1cccc(Oc2ncc(Br)cc2F)c1. The third-order valence-electron chi connectivity index (χ3n) is 2.12. The van der Waals surface area contributed by atoms with Gasteiger partial charge in [-0.3, -0.25) is 0 Å². The van der Waals surface area contributed by atoms with Crippen molar-refractivity contribution >= 4 is 15.9 Å². The van der Waals surface area contributed by atoms with Gasteiger partial charge in [0.1, 0.15) is 5.75 Å². The molecule has 1 heterocycles. The molecule has 1 aromatic heterocycles. The molecule has 0 fully saturated rings. The highest BCUT2D eigenvalue weighted by Crippen LogP contribution is 2.24. The van der Waals surface area contributed by atoms with Crippen LogP contribution in [0.4, 0.5) is 4.39 Å². The van der Waals surface area contributed by atoms with Gasteiger partial charge in [-0.1, -0.05) is 12.1 Å². The van der Waals surface area contributed by atoms with Crippen LogP contribution in [0, 0.1) is 5.82 Å². The Kier molecular flexibility index (Phi) is 3.71. The van der Waals surface area contributed by atoms with Gasteiger partial charge < -0.3 is 10.5 Å². The predicted octanol–water partition coefficient (Wildman–Crippen LogP) is 3.23. The van der Waals surface area contributed by atoms with E-state index in [0.29, 0.717) is 16.8 Å². The van der Waals surface area contributed by atoms with E-state index in [9.17, 15) is 4.39 Å². The lowest BCUT2D eigenvalue weighted by molar-refractivity contribution is 0.422. The van der Waals surface area contributed by atoms with E-state index in [-0.39, 0.29) is 5.88 Å². The zero-order valence-electron chi connectivity index (χ0n) is 8.86. The van der Waals surface area contributed by atoms with Crippen molar-refractivity contribution in [1.29, 1.82) is 0 Å². The topological polar surface area (TPSA) is 48.1 Å². The highest BCUT2D eigenvalue weighted by Gasteiger charge is 2.07. The number of rotatable bonds is 3. The molecule has 88 valence electrons. The number of benzene rings is 1. The van der Waals surface area contributed by atoms with Crippen molar-refractivity contribution in [3.8, 4) is 11.6 Å². The summed E-state index contributed by atoms with van der Waals surface area (Å²) in [5, 5.41) is 0. The first-order chi connectivity index (χ1) is 8.19. The Hall–Kier alpha value is -1.46.